The zero-order valence-electron chi connectivity index (χ0n) is 10.5. The van der Waals surface area contributed by atoms with Crippen LogP contribution in [0.4, 0.5) is 5.69 Å². The molecule has 18 heavy (non-hydrogen) atoms. The Kier molecular flexibility index (Phi) is 3.06. The summed E-state index contributed by atoms with van der Waals surface area (Å²) < 4.78 is 0. The van der Waals surface area contributed by atoms with Crippen LogP contribution in [0.25, 0.3) is 10.6 Å². The molecule has 2 aromatic rings. The molecule has 94 valence electrons. The van der Waals surface area contributed by atoms with E-state index in [1.807, 2.05) is 24.3 Å². The van der Waals surface area contributed by atoms with Gasteiger partial charge in [-0.1, -0.05) is 0 Å². The maximum atomic E-state index is 5.70. The number of hydrogen-bond acceptors (Lipinski definition) is 4. The highest BCUT2D eigenvalue weighted by molar-refractivity contribution is 7.13. The Balaban J connectivity index is 1.83. The molecule has 0 amide bonds. The normalized spacial score (nSPS) is 20.4. The van der Waals surface area contributed by atoms with Gasteiger partial charge in [-0.05, 0) is 44.3 Å². The molecule has 1 aromatic heterocycles. The lowest BCUT2D eigenvalue weighted by atomic mass is 10.1. The van der Waals surface area contributed by atoms with E-state index in [2.05, 4.69) is 17.3 Å². The molecule has 0 aliphatic carbocycles. The Morgan fingerprint density at radius 2 is 2.11 bits per heavy atom. The standard InChI is InChI=1S/C14H17N3S/c1-17-7-6-11(8-17)13-9-18-14(16-13)10-2-4-12(15)5-3-10/h2-5,9,11H,6-8,15H2,1H3. The van der Waals surface area contributed by atoms with Gasteiger partial charge in [0, 0.05) is 29.1 Å². The second-order valence-corrected chi connectivity index (χ2v) is 5.81. The molecule has 1 aliphatic heterocycles. The first-order valence-corrected chi connectivity index (χ1v) is 7.10. The van der Waals surface area contributed by atoms with Gasteiger partial charge < -0.3 is 10.6 Å². The molecule has 0 bridgehead atoms. The second-order valence-electron chi connectivity index (χ2n) is 4.95. The number of nitrogens with two attached hydrogens (primary N) is 1. The summed E-state index contributed by atoms with van der Waals surface area (Å²) in [4.78, 5) is 7.15. The lowest BCUT2D eigenvalue weighted by molar-refractivity contribution is 0.411. The SMILES string of the molecule is CN1CCC(c2csc(-c3ccc(N)cc3)n2)C1. The van der Waals surface area contributed by atoms with Gasteiger partial charge in [0.05, 0.1) is 5.69 Å². The summed E-state index contributed by atoms with van der Waals surface area (Å²) in [6.45, 7) is 2.31. The Morgan fingerprint density at radius 3 is 2.78 bits per heavy atom. The van der Waals surface area contributed by atoms with E-state index < -0.39 is 0 Å². The summed E-state index contributed by atoms with van der Waals surface area (Å²) in [5.74, 6) is 0.605. The summed E-state index contributed by atoms with van der Waals surface area (Å²) in [6.07, 6.45) is 1.22. The highest BCUT2D eigenvalue weighted by Crippen LogP contribution is 2.31. The van der Waals surface area contributed by atoms with Crippen LogP contribution in [0.3, 0.4) is 0 Å². The quantitative estimate of drug-likeness (QED) is 0.843. The maximum absolute atomic E-state index is 5.70. The molecule has 1 unspecified atom stereocenters. The molecule has 0 saturated carbocycles. The molecule has 1 aliphatic rings. The molecule has 2 heterocycles. The first-order chi connectivity index (χ1) is 8.72. The Hall–Kier alpha value is -1.39. The van der Waals surface area contributed by atoms with Crippen LogP contribution in [-0.4, -0.2) is 30.0 Å². The van der Waals surface area contributed by atoms with Crippen LogP contribution in [0.15, 0.2) is 29.6 Å². The fraction of sp³-hybridized carbons (Fsp3) is 0.357. The predicted molar refractivity (Wildman–Crippen MR) is 76.8 cm³/mol. The summed E-state index contributed by atoms with van der Waals surface area (Å²) in [7, 11) is 2.17. The summed E-state index contributed by atoms with van der Waals surface area (Å²) in [5.41, 5.74) is 8.91. The van der Waals surface area contributed by atoms with Gasteiger partial charge in [0.2, 0.25) is 0 Å². The number of anilines is 1. The van der Waals surface area contributed by atoms with Crippen molar-refractivity contribution < 1.29 is 0 Å². The van der Waals surface area contributed by atoms with Crippen molar-refractivity contribution in [2.75, 3.05) is 25.9 Å². The van der Waals surface area contributed by atoms with Crippen LogP contribution in [0.1, 0.15) is 18.0 Å². The lowest BCUT2D eigenvalue weighted by Gasteiger charge is -2.07. The van der Waals surface area contributed by atoms with Gasteiger partial charge in [0.15, 0.2) is 0 Å². The van der Waals surface area contributed by atoms with E-state index in [9.17, 15) is 0 Å². The highest BCUT2D eigenvalue weighted by Gasteiger charge is 2.23. The maximum Gasteiger partial charge on any atom is 0.123 e. The average molecular weight is 259 g/mol. The summed E-state index contributed by atoms with van der Waals surface area (Å²) >= 11 is 1.73. The van der Waals surface area contributed by atoms with Crippen LogP contribution < -0.4 is 5.73 Å². The smallest absolute Gasteiger partial charge is 0.123 e. The van der Waals surface area contributed by atoms with Crippen molar-refractivity contribution in [1.29, 1.82) is 0 Å². The molecule has 4 heteroatoms. The molecular weight excluding hydrogens is 242 g/mol. The molecule has 2 N–H and O–H groups in total. The molecule has 1 aromatic carbocycles. The molecular formula is C14H17N3S. The molecule has 1 atom stereocenters. The van der Waals surface area contributed by atoms with Crippen LogP contribution >= 0.6 is 11.3 Å². The lowest BCUT2D eigenvalue weighted by Crippen LogP contribution is -2.13. The monoisotopic (exact) mass is 259 g/mol. The first-order valence-electron chi connectivity index (χ1n) is 6.22. The fourth-order valence-electron chi connectivity index (χ4n) is 2.41. The van der Waals surface area contributed by atoms with Gasteiger partial charge in [-0.3, -0.25) is 0 Å². The van der Waals surface area contributed by atoms with Crippen molar-refractivity contribution >= 4 is 17.0 Å². The van der Waals surface area contributed by atoms with Crippen molar-refractivity contribution in [1.82, 2.24) is 9.88 Å². The van der Waals surface area contributed by atoms with Crippen LogP contribution in [0.2, 0.25) is 0 Å². The van der Waals surface area contributed by atoms with Crippen LogP contribution in [0.5, 0.6) is 0 Å². The largest absolute Gasteiger partial charge is 0.399 e. The van der Waals surface area contributed by atoms with Crippen LogP contribution in [0, 0.1) is 0 Å². The highest BCUT2D eigenvalue weighted by atomic mass is 32.1. The number of aromatic nitrogens is 1. The Labute approximate surface area is 111 Å². The van der Waals surface area contributed by atoms with Gasteiger partial charge in [-0.2, -0.15) is 0 Å². The van der Waals surface area contributed by atoms with Gasteiger partial charge in [-0.25, -0.2) is 4.98 Å². The van der Waals surface area contributed by atoms with Crippen molar-refractivity contribution in [3.05, 3.63) is 35.3 Å². The zero-order chi connectivity index (χ0) is 12.5. The minimum Gasteiger partial charge on any atom is -0.399 e. The second kappa shape index (κ2) is 4.71. The van der Waals surface area contributed by atoms with E-state index in [0.717, 1.165) is 22.8 Å². The minimum absolute atomic E-state index is 0.605. The molecule has 3 nitrogen and oxygen atoms in total. The van der Waals surface area contributed by atoms with E-state index in [4.69, 9.17) is 10.7 Å². The number of thiazole rings is 1. The molecule has 1 fully saturated rings. The van der Waals surface area contributed by atoms with E-state index >= 15 is 0 Å². The molecule has 3 rings (SSSR count). The summed E-state index contributed by atoms with van der Waals surface area (Å²) in [6, 6.07) is 7.94. The Bertz CT molecular complexity index is 532. The number of hydrogen-bond donors (Lipinski definition) is 1. The van der Waals surface area contributed by atoms with Crippen LogP contribution in [-0.2, 0) is 0 Å². The van der Waals surface area contributed by atoms with Gasteiger partial charge in [0.1, 0.15) is 5.01 Å². The van der Waals surface area contributed by atoms with Crippen molar-refractivity contribution in [3.63, 3.8) is 0 Å². The van der Waals surface area contributed by atoms with E-state index in [1.54, 1.807) is 11.3 Å². The number of rotatable bonds is 2. The number of likely N-dealkylation sites (tertiary alicyclic amines) is 1. The Morgan fingerprint density at radius 1 is 1.33 bits per heavy atom. The minimum atomic E-state index is 0.605. The first kappa shape index (κ1) is 11.7. The third-order valence-electron chi connectivity index (χ3n) is 3.49. The van der Waals surface area contributed by atoms with Crippen molar-refractivity contribution in [2.24, 2.45) is 0 Å². The zero-order valence-corrected chi connectivity index (χ0v) is 11.3. The number of nitrogens with zero attached hydrogens (tertiary/aromatic N) is 2. The third-order valence-corrected chi connectivity index (χ3v) is 4.40. The summed E-state index contributed by atoms with van der Waals surface area (Å²) in [5, 5.41) is 3.30. The van der Waals surface area contributed by atoms with E-state index in [0.29, 0.717) is 5.92 Å². The van der Waals surface area contributed by atoms with Crippen molar-refractivity contribution in [2.45, 2.75) is 12.3 Å². The predicted octanol–water partition coefficient (Wildman–Crippen LogP) is 2.81. The van der Waals surface area contributed by atoms with E-state index in [1.165, 1.54) is 18.7 Å². The number of likely N-dealkylation sites (N-methyl/N-ethyl adjacent to an activating group) is 1. The van der Waals surface area contributed by atoms with Gasteiger partial charge in [-0.15, -0.1) is 11.3 Å². The average Bonchev–Trinajstić information content (AvgIpc) is 2.98. The van der Waals surface area contributed by atoms with Crippen molar-refractivity contribution in [3.8, 4) is 10.6 Å². The molecule has 1 saturated heterocycles. The third kappa shape index (κ3) is 2.26. The van der Waals surface area contributed by atoms with Gasteiger partial charge in [0.25, 0.3) is 0 Å². The number of nitrogen functional groups attached to an aromatic ring is 1. The van der Waals surface area contributed by atoms with Gasteiger partial charge >= 0.3 is 0 Å². The molecule has 0 radical (unpaired) electrons. The fourth-order valence-corrected chi connectivity index (χ4v) is 3.32. The number of benzene rings is 1. The molecule has 0 spiro atoms. The van der Waals surface area contributed by atoms with E-state index in [-0.39, 0.29) is 0 Å². The topological polar surface area (TPSA) is 42.1 Å².